The van der Waals surface area contributed by atoms with Gasteiger partial charge in [-0.15, -0.1) is 0 Å². The predicted octanol–water partition coefficient (Wildman–Crippen LogP) is 4.78. The van der Waals surface area contributed by atoms with Crippen LogP contribution in [0.3, 0.4) is 0 Å². The number of sulfone groups is 1. The van der Waals surface area contributed by atoms with Crippen molar-refractivity contribution < 1.29 is 21.9 Å². The Hall–Kier alpha value is -1.31. The maximum atomic E-state index is 14.9. The van der Waals surface area contributed by atoms with E-state index in [0.29, 0.717) is 17.9 Å². The molecule has 3 nitrogen and oxygen atoms in total. The average Bonchev–Trinajstić information content (AvgIpc) is 2.64. The molecule has 3 atom stereocenters. The highest BCUT2D eigenvalue weighted by atomic mass is 35.5. The summed E-state index contributed by atoms with van der Waals surface area (Å²) >= 11 is 10.4. The molecular formula is C19H17ClF2O3S2. The van der Waals surface area contributed by atoms with Crippen LogP contribution < -0.4 is 4.74 Å². The Bertz CT molecular complexity index is 995. The molecule has 1 aliphatic heterocycles. The highest BCUT2D eigenvalue weighted by Gasteiger charge is 2.59. The van der Waals surface area contributed by atoms with Crippen molar-refractivity contribution >= 4 is 34.1 Å². The third kappa shape index (κ3) is 2.77. The van der Waals surface area contributed by atoms with E-state index in [1.165, 1.54) is 24.3 Å². The third-order valence-electron chi connectivity index (χ3n) is 5.58. The molecule has 2 aromatic rings. The van der Waals surface area contributed by atoms with E-state index >= 15 is 0 Å². The smallest absolute Gasteiger partial charge is 0.188 e. The number of rotatable bonds is 2. The van der Waals surface area contributed by atoms with Gasteiger partial charge in [0, 0.05) is 16.2 Å². The Labute approximate surface area is 167 Å². The second-order valence-corrected chi connectivity index (χ2v) is 10.4. The lowest BCUT2D eigenvalue weighted by Gasteiger charge is -2.48. The zero-order valence-electron chi connectivity index (χ0n) is 14.2. The predicted molar refractivity (Wildman–Crippen MR) is 102 cm³/mol. The molecule has 8 heteroatoms. The van der Waals surface area contributed by atoms with Gasteiger partial charge >= 0.3 is 0 Å². The van der Waals surface area contributed by atoms with Crippen molar-refractivity contribution in [2.75, 3.05) is 6.61 Å². The molecule has 4 rings (SSSR count). The lowest BCUT2D eigenvalue weighted by Crippen LogP contribution is -2.52. The van der Waals surface area contributed by atoms with Crippen LogP contribution in [0.4, 0.5) is 8.78 Å². The second kappa shape index (κ2) is 6.64. The van der Waals surface area contributed by atoms with Crippen molar-refractivity contribution in [3.05, 3.63) is 58.6 Å². The van der Waals surface area contributed by atoms with Crippen LogP contribution in [0.25, 0.3) is 0 Å². The molecule has 2 aromatic carbocycles. The first-order chi connectivity index (χ1) is 12.8. The van der Waals surface area contributed by atoms with E-state index in [4.69, 9.17) is 16.3 Å². The minimum atomic E-state index is -4.06. The van der Waals surface area contributed by atoms with E-state index in [1.807, 2.05) is 0 Å². The fourth-order valence-corrected chi connectivity index (χ4v) is 7.19. The van der Waals surface area contributed by atoms with Crippen molar-refractivity contribution in [2.24, 2.45) is 5.92 Å². The number of benzene rings is 2. The van der Waals surface area contributed by atoms with Gasteiger partial charge in [-0.25, -0.2) is 17.2 Å². The van der Waals surface area contributed by atoms with Gasteiger partial charge in [-0.1, -0.05) is 11.6 Å². The van der Waals surface area contributed by atoms with E-state index in [9.17, 15) is 17.2 Å². The quantitative estimate of drug-likeness (QED) is 0.697. The van der Waals surface area contributed by atoms with Crippen molar-refractivity contribution in [1.29, 1.82) is 0 Å². The highest BCUT2D eigenvalue weighted by Crippen LogP contribution is 2.57. The third-order valence-corrected chi connectivity index (χ3v) is 8.89. The van der Waals surface area contributed by atoms with Crippen LogP contribution in [0.5, 0.6) is 5.75 Å². The molecular weight excluding hydrogens is 414 g/mol. The van der Waals surface area contributed by atoms with E-state index in [2.05, 4.69) is 12.6 Å². The van der Waals surface area contributed by atoms with Gasteiger partial charge < -0.3 is 4.74 Å². The molecule has 0 radical (unpaired) electrons. The number of halogens is 3. The molecule has 0 amide bonds. The summed E-state index contributed by atoms with van der Waals surface area (Å²) in [6.07, 6.45) is 1.06. The Morgan fingerprint density at radius 2 is 1.78 bits per heavy atom. The van der Waals surface area contributed by atoms with Gasteiger partial charge in [-0.05, 0) is 55.7 Å². The minimum Gasteiger partial charge on any atom is -0.490 e. The molecule has 0 unspecified atom stereocenters. The molecule has 1 heterocycles. The van der Waals surface area contributed by atoms with Gasteiger partial charge in [-0.2, -0.15) is 12.6 Å². The van der Waals surface area contributed by atoms with Crippen LogP contribution in [0.15, 0.2) is 41.3 Å². The SMILES string of the molecule is O=S(=O)(c1ccc(Cl)cc1)[C@@]12CC[C@@H](S)C[C@@H]1COc1c(F)ccc(F)c12. The number of hydrogen-bond donors (Lipinski definition) is 1. The molecule has 0 aromatic heterocycles. The Morgan fingerprint density at radius 3 is 2.48 bits per heavy atom. The lowest BCUT2D eigenvalue weighted by atomic mass is 9.73. The molecule has 1 saturated carbocycles. The van der Waals surface area contributed by atoms with Crippen LogP contribution in [0.1, 0.15) is 24.8 Å². The molecule has 0 bridgehead atoms. The van der Waals surface area contributed by atoms with Gasteiger partial charge in [0.1, 0.15) is 10.6 Å². The van der Waals surface area contributed by atoms with Crippen LogP contribution in [-0.4, -0.2) is 20.3 Å². The normalized spacial score (nSPS) is 27.4. The van der Waals surface area contributed by atoms with Crippen LogP contribution in [0, 0.1) is 17.6 Å². The van der Waals surface area contributed by atoms with E-state index < -0.39 is 32.1 Å². The first kappa shape index (κ1) is 19.0. The molecule has 0 spiro atoms. The molecule has 0 N–H and O–H groups in total. The number of ether oxygens (including phenoxy) is 1. The molecule has 1 fully saturated rings. The van der Waals surface area contributed by atoms with Crippen molar-refractivity contribution in [3.8, 4) is 5.75 Å². The molecule has 144 valence electrons. The minimum absolute atomic E-state index is 0.00273. The summed E-state index contributed by atoms with van der Waals surface area (Å²) in [7, 11) is -4.06. The first-order valence-electron chi connectivity index (χ1n) is 8.57. The summed E-state index contributed by atoms with van der Waals surface area (Å²) < 4.78 is 60.8. The Balaban J connectivity index is 2.02. The van der Waals surface area contributed by atoms with E-state index in [0.717, 1.165) is 12.1 Å². The topological polar surface area (TPSA) is 43.4 Å². The molecule has 2 aliphatic rings. The van der Waals surface area contributed by atoms with Gasteiger partial charge in [0.25, 0.3) is 0 Å². The summed E-state index contributed by atoms with van der Waals surface area (Å²) in [5.41, 5.74) is -0.200. The largest absolute Gasteiger partial charge is 0.490 e. The summed E-state index contributed by atoms with van der Waals surface area (Å²) in [4.78, 5) is 0.0334. The standard InChI is InChI=1S/C19H17ClF2O3S2/c20-12-1-3-14(4-2-12)27(23,24)19-8-7-13(26)9-11(19)10-25-18-16(22)6-5-15(21)17(18)19/h1-6,11,13,26H,7-10H2/t11-,13-,19+/m1/s1. The van der Waals surface area contributed by atoms with Gasteiger partial charge in [0.15, 0.2) is 21.4 Å². The van der Waals surface area contributed by atoms with Crippen molar-refractivity contribution in [1.82, 2.24) is 0 Å². The fourth-order valence-electron chi connectivity index (χ4n) is 4.32. The van der Waals surface area contributed by atoms with Crippen molar-refractivity contribution in [2.45, 2.75) is 34.2 Å². The monoisotopic (exact) mass is 430 g/mol. The Morgan fingerprint density at radius 1 is 1.11 bits per heavy atom. The Kier molecular flexibility index (Phi) is 4.68. The summed E-state index contributed by atoms with van der Waals surface area (Å²) in [5, 5.41) is 0.372. The maximum absolute atomic E-state index is 14.9. The zero-order valence-corrected chi connectivity index (χ0v) is 16.6. The fraction of sp³-hybridized carbons (Fsp3) is 0.368. The van der Waals surface area contributed by atoms with Crippen LogP contribution in [0.2, 0.25) is 5.02 Å². The molecule has 1 aliphatic carbocycles. The second-order valence-electron chi connectivity index (χ2n) is 7.02. The number of thiol groups is 1. The lowest BCUT2D eigenvalue weighted by molar-refractivity contribution is 0.127. The van der Waals surface area contributed by atoms with E-state index in [-0.39, 0.29) is 34.5 Å². The summed E-state index contributed by atoms with van der Waals surface area (Å²) in [5.74, 6) is -2.37. The van der Waals surface area contributed by atoms with Gasteiger partial charge in [-0.3, -0.25) is 0 Å². The molecule has 27 heavy (non-hydrogen) atoms. The zero-order chi connectivity index (χ0) is 19.4. The maximum Gasteiger partial charge on any atom is 0.188 e. The van der Waals surface area contributed by atoms with E-state index in [1.54, 1.807) is 0 Å². The van der Waals surface area contributed by atoms with Gasteiger partial charge in [0.2, 0.25) is 0 Å². The number of hydrogen-bond acceptors (Lipinski definition) is 4. The summed E-state index contributed by atoms with van der Waals surface area (Å²) in [6.45, 7) is -0.00273. The van der Waals surface area contributed by atoms with Crippen LogP contribution in [-0.2, 0) is 14.6 Å². The summed E-state index contributed by atoms with van der Waals surface area (Å²) in [6, 6.07) is 7.69. The van der Waals surface area contributed by atoms with Crippen LogP contribution >= 0.6 is 24.2 Å². The van der Waals surface area contributed by atoms with Crippen molar-refractivity contribution in [3.63, 3.8) is 0 Å². The first-order valence-corrected chi connectivity index (χ1v) is 10.9. The average molecular weight is 431 g/mol. The molecule has 0 saturated heterocycles. The van der Waals surface area contributed by atoms with Gasteiger partial charge in [0.05, 0.1) is 17.1 Å². The highest BCUT2D eigenvalue weighted by molar-refractivity contribution is 7.92. The number of fused-ring (bicyclic) bond motifs is 3.